The van der Waals surface area contributed by atoms with Crippen LogP contribution in [0.15, 0.2) is 18.2 Å². The lowest BCUT2D eigenvalue weighted by molar-refractivity contribution is -0.132. The van der Waals surface area contributed by atoms with Gasteiger partial charge in [0.25, 0.3) is 11.8 Å². The minimum absolute atomic E-state index is 0.0464. The number of piperazine rings is 1. The molecular formula is C26H30ClF2N5O3. The number of alkyl halides is 2. The molecule has 0 bridgehead atoms. The van der Waals surface area contributed by atoms with E-state index in [9.17, 15) is 14.7 Å². The third-order valence-corrected chi connectivity index (χ3v) is 8.79. The number of hydrogen-bond acceptors (Lipinski definition) is 5. The van der Waals surface area contributed by atoms with E-state index in [2.05, 4.69) is 10.00 Å². The van der Waals surface area contributed by atoms with Gasteiger partial charge in [0.15, 0.2) is 5.69 Å². The SMILES string of the molecule is Cc1c(Cl)cccc1N1CCN(C(=O)Cn2nc(C(=O)N3CCC(O)CC3)c3c2C(F)(F)[C@H]2C[C@@H]32)CC1. The lowest BCUT2D eigenvalue weighted by atomic mass is 10.1. The number of amides is 2. The summed E-state index contributed by atoms with van der Waals surface area (Å²) in [7, 11) is 0. The largest absolute Gasteiger partial charge is 0.393 e. The molecule has 1 N–H and O–H groups in total. The van der Waals surface area contributed by atoms with Crippen LogP contribution in [0.1, 0.15) is 52.5 Å². The van der Waals surface area contributed by atoms with Gasteiger partial charge in [-0.05, 0) is 49.8 Å². The van der Waals surface area contributed by atoms with Crippen molar-refractivity contribution in [2.75, 3.05) is 44.2 Å². The number of benzene rings is 1. The Balaban J connectivity index is 1.19. The molecule has 8 nitrogen and oxygen atoms in total. The van der Waals surface area contributed by atoms with E-state index >= 15 is 8.78 Å². The van der Waals surface area contributed by atoms with E-state index in [1.54, 1.807) is 9.80 Å². The molecular weight excluding hydrogens is 504 g/mol. The normalized spacial score (nSPS) is 24.7. The lowest BCUT2D eigenvalue weighted by Gasteiger charge is -2.37. The third-order valence-electron chi connectivity index (χ3n) is 8.38. The minimum atomic E-state index is -3.10. The molecule has 1 aromatic carbocycles. The smallest absolute Gasteiger partial charge is 0.293 e. The fraction of sp³-hybridized carbons (Fsp3) is 0.577. The van der Waals surface area contributed by atoms with Gasteiger partial charge in [-0.15, -0.1) is 0 Å². The Hall–Kier alpha value is -2.72. The van der Waals surface area contributed by atoms with Crippen molar-refractivity contribution < 1.29 is 23.5 Å². The van der Waals surface area contributed by atoms with E-state index < -0.39 is 17.9 Å². The molecule has 0 spiro atoms. The highest BCUT2D eigenvalue weighted by Crippen LogP contribution is 2.67. The second kappa shape index (κ2) is 8.94. The molecule has 198 valence electrons. The van der Waals surface area contributed by atoms with Crippen LogP contribution in [0.2, 0.25) is 5.02 Å². The number of carbonyl (C=O) groups excluding carboxylic acids is 2. The van der Waals surface area contributed by atoms with Gasteiger partial charge in [-0.1, -0.05) is 17.7 Å². The van der Waals surface area contributed by atoms with Crippen LogP contribution in [-0.4, -0.2) is 81.9 Å². The summed E-state index contributed by atoms with van der Waals surface area (Å²) in [6.45, 7) is 4.49. The van der Waals surface area contributed by atoms with Gasteiger partial charge >= 0.3 is 0 Å². The van der Waals surface area contributed by atoms with Gasteiger partial charge in [0.1, 0.15) is 12.2 Å². The quantitative estimate of drug-likeness (QED) is 0.653. The molecule has 3 fully saturated rings. The highest BCUT2D eigenvalue weighted by atomic mass is 35.5. The number of aliphatic hydroxyl groups is 1. The van der Waals surface area contributed by atoms with Gasteiger partial charge in [0.05, 0.1) is 6.10 Å². The lowest BCUT2D eigenvalue weighted by Crippen LogP contribution is -2.50. The molecule has 11 heteroatoms. The van der Waals surface area contributed by atoms with Crippen LogP contribution in [0.5, 0.6) is 0 Å². The second-order valence-corrected chi connectivity index (χ2v) is 11.0. The fourth-order valence-electron chi connectivity index (χ4n) is 6.12. The number of hydrogen-bond donors (Lipinski definition) is 1. The van der Waals surface area contributed by atoms with E-state index in [4.69, 9.17) is 11.6 Å². The average molecular weight is 534 g/mol. The molecule has 2 aliphatic carbocycles. The van der Waals surface area contributed by atoms with Gasteiger partial charge < -0.3 is 19.8 Å². The van der Waals surface area contributed by atoms with Gasteiger partial charge in [-0.2, -0.15) is 13.9 Å². The maximum absolute atomic E-state index is 15.2. The zero-order valence-electron chi connectivity index (χ0n) is 20.7. The van der Waals surface area contributed by atoms with Crippen molar-refractivity contribution in [3.63, 3.8) is 0 Å². The predicted molar refractivity (Wildman–Crippen MR) is 133 cm³/mol. The number of fused-ring (bicyclic) bond motifs is 3. The van der Waals surface area contributed by atoms with Crippen LogP contribution in [0, 0.1) is 12.8 Å². The Morgan fingerprint density at radius 3 is 2.51 bits per heavy atom. The topological polar surface area (TPSA) is 81.9 Å². The highest BCUT2D eigenvalue weighted by Gasteiger charge is 2.67. The van der Waals surface area contributed by atoms with E-state index in [1.807, 2.05) is 25.1 Å². The molecule has 2 aliphatic heterocycles. The number of carbonyl (C=O) groups is 2. The van der Waals surface area contributed by atoms with E-state index in [1.165, 1.54) is 0 Å². The molecule has 0 radical (unpaired) electrons. The van der Waals surface area contributed by atoms with Crippen LogP contribution in [0.3, 0.4) is 0 Å². The van der Waals surface area contributed by atoms with Crippen molar-refractivity contribution in [2.24, 2.45) is 5.92 Å². The highest BCUT2D eigenvalue weighted by molar-refractivity contribution is 6.31. The van der Waals surface area contributed by atoms with E-state index in [0.29, 0.717) is 69.1 Å². The number of aliphatic hydroxyl groups excluding tert-OH is 1. The van der Waals surface area contributed by atoms with Gasteiger partial charge in [0, 0.05) is 61.5 Å². The van der Waals surface area contributed by atoms with Crippen molar-refractivity contribution in [1.29, 1.82) is 0 Å². The summed E-state index contributed by atoms with van der Waals surface area (Å²) < 4.78 is 31.6. The van der Waals surface area contributed by atoms with Gasteiger partial charge in [-0.3, -0.25) is 14.3 Å². The molecule has 2 amide bonds. The number of halogens is 3. The van der Waals surface area contributed by atoms with Crippen molar-refractivity contribution >= 4 is 29.1 Å². The number of likely N-dealkylation sites (tertiary alicyclic amines) is 1. The zero-order valence-corrected chi connectivity index (χ0v) is 21.4. The number of anilines is 1. The summed E-state index contributed by atoms with van der Waals surface area (Å²) in [5.41, 5.74) is 2.11. The Labute approximate surface area is 218 Å². The Morgan fingerprint density at radius 1 is 1.11 bits per heavy atom. The monoisotopic (exact) mass is 533 g/mol. The maximum atomic E-state index is 15.2. The Morgan fingerprint density at radius 2 is 1.81 bits per heavy atom. The summed E-state index contributed by atoms with van der Waals surface area (Å²) in [5, 5.41) is 14.8. The third kappa shape index (κ3) is 4.09. The first kappa shape index (κ1) is 24.6. The summed E-state index contributed by atoms with van der Waals surface area (Å²) in [4.78, 5) is 31.9. The van der Waals surface area contributed by atoms with Crippen LogP contribution < -0.4 is 4.90 Å². The molecule has 1 saturated carbocycles. The number of piperidine rings is 1. The van der Waals surface area contributed by atoms with Crippen LogP contribution in [-0.2, 0) is 17.3 Å². The molecule has 2 aromatic rings. The number of aromatic nitrogens is 2. The summed E-state index contributed by atoms with van der Waals surface area (Å²) >= 11 is 6.27. The molecule has 2 saturated heterocycles. The number of nitrogens with zero attached hydrogens (tertiary/aromatic N) is 5. The fourth-order valence-corrected chi connectivity index (χ4v) is 6.29. The Bertz CT molecular complexity index is 1250. The van der Waals surface area contributed by atoms with E-state index in [0.717, 1.165) is 15.9 Å². The maximum Gasteiger partial charge on any atom is 0.293 e. The van der Waals surface area contributed by atoms with Gasteiger partial charge in [-0.25, -0.2) is 0 Å². The molecule has 37 heavy (non-hydrogen) atoms. The summed E-state index contributed by atoms with van der Waals surface area (Å²) in [6, 6.07) is 5.74. The van der Waals surface area contributed by atoms with Crippen molar-refractivity contribution in [3.8, 4) is 0 Å². The molecule has 4 aliphatic rings. The van der Waals surface area contributed by atoms with Crippen molar-refractivity contribution in [2.45, 2.75) is 50.7 Å². The zero-order chi connectivity index (χ0) is 26.1. The molecule has 1 aromatic heterocycles. The average Bonchev–Trinajstić information content (AvgIpc) is 3.55. The second-order valence-electron chi connectivity index (χ2n) is 10.6. The van der Waals surface area contributed by atoms with Crippen molar-refractivity contribution in [3.05, 3.63) is 45.7 Å². The molecule has 6 rings (SSSR count). The summed E-state index contributed by atoms with van der Waals surface area (Å²) in [5.74, 6) is -4.98. The minimum Gasteiger partial charge on any atom is -0.393 e. The molecule has 2 atom stereocenters. The first-order chi connectivity index (χ1) is 17.7. The standard InChI is InChI=1S/C26H30ClF2N5O3/c1-15-19(27)3-2-4-20(15)31-9-11-32(12-10-31)21(36)14-34-24-22(17-13-18(17)26(24,28)29)23(30-34)25(37)33-7-5-16(35)6-8-33/h2-4,16-18,35H,5-14H2,1H3/t17-,18+/m1/s1. The first-order valence-corrected chi connectivity index (χ1v) is 13.3. The van der Waals surface area contributed by atoms with E-state index in [-0.39, 0.29) is 35.7 Å². The van der Waals surface area contributed by atoms with Crippen LogP contribution in [0.4, 0.5) is 14.5 Å². The summed E-state index contributed by atoms with van der Waals surface area (Å²) in [6.07, 6.45) is 0.792. The van der Waals surface area contributed by atoms with Crippen LogP contribution in [0.25, 0.3) is 0 Å². The first-order valence-electron chi connectivity index (χ1n) is 12.9. The predicted octanol–water partition coefficient (Wildman–Crippen LogP) is 3.00. The molecule has 0 unspecified atom stereocenters. The van der Waals surface area contributed by atoms with Crippen LogP contribution >= 0.6 is 11.6 Å². The molecule has 3 heterocycles. The Kier molecular flexibility index (Phi) is 5.95. The number of rotatable bonds is 4. The van der Waals surface area contributed by atoms with Gasteiger partial charge in [0.2, 0.25) is 5.91 Å². The van der Waals surface area contributed by atoms with Crippen molar-refractivity contribution in [1.82, 2.24) is 19.6 Å².